The average Bonchev–Trinajstić information content (AvgIpc) is 3.33. The van der Waals surface area contributed by atoms with Crippen LogP contribution in [0.4, 0.5) is 5.13 Å². The van der Waals surface area contributed by atoms with Crippen molar-refractivity contribution in [2.45, 2.75) is 20.0 Å². The van der Waals surface area contributed by atoms with Crippen molar-refractivity contribution in [2.75, 3.05) is 11.5 Å². The van der Waals surface area contributed by atoms with Crippen LogP contribution in [0, 0.1) is 0 Å². The molecule has 3 aromatic carbocycles. The molecule has 0 saturated heterocycles. The van der Waals surface area contributed by atoms with Crippen molar-refractivity contribution in [2.24, 2.45) is 0 Å². The molecule has 0 aliphatic rings. The zero-order chi connectivity index (χ0) is 24.9. The monoisotopic (exact) mass is 496 g/mol. The maximum Gasteiger partial charge on any atom is 0.267 e. The predicted octanol–water partition coefficient (Wildman–Crippen LogP) is 5.15. The van der Waals surface area contributed by atoms with Gasteiger partial charge in [0.1, 0.15) is 12.3 Å². The van der Waals surface area contributed by atoms with Crippen molar-refractivity contribution in [1.82, 2.24) is 14.8 Å². The minimum atomic E-state index is -0.339. The van der Waals surface area contributed by atoms with E-state index in [2.05, 4.69) is 5.10 Å². The SMILES string of the molecule is CCOc1ccc2nc(N(Cc3ccccc3)C(=O)Cn3nc(-c4ccccc4)ccc3=O)sc2c1. The molecule has 2 aromatic heterocycles. The van der Waals surface area contributed by atoms with Crippen LogP contribution >= 0.6 is 11.3 Å². The van der Waals surface area contributed by atoms with E-state index >= 15 is 0 Å². The van der Waals surface area contributed by atoms with Crippen LogP contribution in [0.3, 0.4) is 0 Å². The van der Waals surface area contributed by atoms with Crippen LogP contribution in [-0.2, 0) is 17.9 Å². The van der Waals surface area contributed by atoms with E-state index in [4.69, 9.17) is 9.72 Å². The number of hydrogen-bond donors (Lipinski definition) is 0. The minimum absolute atomic E-state index is 0.202. The number of nitrogens with zero attached hydrogens (tertiary/aromatic N) is 4. The van der Waals surface area contributed by atoms with Gasteiger partial charge in [0.25, 0.3) is 11.5 Å². The highest BCUT2D eigenvalue weighted by Gasteiger charge is 2.22. The Hall–Kier alpha value is -4.30. The Labute approximate surface area is 212 Å². The number of benzene rings is 3. The van der Waals surface area contributed by atoms with Gasteiger partial charge in [-0.15, -0.1) is 0 Å². The van der Waals surface area contributed by atoms with Gasteiger partial charge in [-0.05, 0) is 36.8 Å². The molecular weight excluding hydrogens is 472 g/mol. The Morgan fingerprint density at radius 1 is 0.972 bits per heavy atom. The molecule has 0 atom stereocenters. The van der Waals surface area contributed by atoms with E-state index in [1.807, 2.05) is 85.8 Å². The molecule has 1 amide bonds. The van der Waals surface area contributed by atoms with Gasteiger partial charge in [-0.2, -0.15) is 5.10 Å². The number of hydrogen-bond acceptors (Lipinski definition) is 6. The molecule has 180 valence electrons. The lowest BCUT2D eigenvalue weighted by Gasteiger charge is -2.20. The van der Waals surface area contributed by atoms with Crippen molar-refractivity contribution in [3.8, 4) is 17.0 Å². The number of rotatable bonds is 8. The number of carbonyl (C=O) groups is 1. The standard InChI is InChI=1S/C28H24N4O3S/c1-2-35-22-13-14-24-25(17-22)36-28(29-24)31(18-20-9-5-3-6-10-20)27(34)19-32-26(33)16-15-23(30-32)21-11-7-4-8-12-21/h3-17H,2,18-19H2,1H3. The lowest BCUT2D eigenvalue weighted by molar-refractivity contribution is -0.119. The largest absolute Gasteiger partial charge is 0.494 e. The van der Waals surface area contributed by atoms with Gasteiger partial charge in [-0.3, -0.25) is 14.5 Å². The van der Waals surface area contributed by atoms with Gasteiger partial charge in [0, 0.05) is 11.6 Å². The summed E-state index contributed by atoms with van der Waals surface area (Å²) in [6.07, 6.45) is 0. The van der Waals surface area contributed by atoms with Crippen LogP contribution in [0.1, 0.15) is 12.5 Å². The van der Waals surface area contributed by atoms with Crippen molar-refractivity contribution in [1.29, 1.82) is 0 Å². The van der Waals surface area contributed by atoms with Gasteiger partial charge >= 0.3 is 0 Å². The third-order valence-corrected chi connectivity index (χ3v) is 6.64. The summed E-state index contributed by atoms with van der Waals surface area (Å²) in [4.78, 5) is 32.6. The summed E-state index contributed by atoms with van der Waals surface area (Å²) in [7, 11) is 0. The van der Waals surface area contributed by atoms with Crippen LogP contribution < -0.4 is 15.2 Å². The van der Waals surface area contributed by atoms with Crippen molar-refractivity contribution < 1.29 is 9.53 Å². The van der Waals surface area contributed by atoms with Crippen molar-refractivity contribution in [3.05, 3.63) is 107 Å². The molecule has 36 heavy (non-hydrogen) atoms. The minimum Gasteiger partial charge on any atom is -0.494 e. The first-order valence-electron chi connectivity index (χ1n) is 11.6. The summed E-state index contributed by atoms with van der Waals surface area (Å²) in [5.74, 6) is 0.484. The molecule has 5 aromatic rings. The molecule has 0 bridgehead atoms. The summed E-state index contributed by atoms with van der Waals surface area (Å²) < 4.78 is 7.75. The van der Waals surface area contributed by atoms with Gasteiger partial charge in [-0.25, -0.2) is 9.67 Å². The number of amides is 1. The fourth-order valence-corrected chi connectivity index (χ4v) is 4.84. The Morgan fingerprint density at radius 3 is 2.47 bits per heavy atom. The van der Waals surface area contributed by atoms with Crippen LogP contribution in [0.2, 0.25) is 0 Å². The molecule has 8 heteroatoms. The summed E-state index contributed by atoms with van der Waals surface area (Å²) >= 11 is 1.41. The summed E-state index contributed by atoms with van der Waals surface area (Å²) in [6.45, 7) is 2.63. The lowest BCUT2D eigenvalue weighted by Crippen LogP contribution is -2.37. The third-order valence-electron chi connectivity index (χ3n) is 5.60. The highest BCUT2D eigenvalue weighted by molar-refractivity contribution is 7.22. The van der Waals surface area contributed by atoms with Gasteiger partial charge < -0.3 is 4.74 Å². The topological polar surface area (TPSA) is 77.3 Å². The first-order chi connectivity index (χ1) is 17.6. The average molecular weight is 497 g/mol. The molecule has 0 spiro atoms. The Kier molecular flexibility index (Phi) is 6.86. The number of anilines is 1. The van der Waals surface area contributed by atoms with Crippen LogP contribution in [0.5, 0.6) is 5.75 Å². The Balaban J connectivity index is 1.49. The molecular formula is C28H24N4O3S. The predicted molar refractivity (Wildman–Crippen MR) is 142 cm³/mol. The molecule has 5 rings (SSSR count). The van der Waals surface area contributed by atoms with Crippen LogP contribution in [0.15, 0.2) is 95.8 Å². The first kappa shape index (κ1) is 23.4. The highest BCUT2D eigenvalue weighted by atomic mass is 32.1. The van der Waals surface area contributed by atoms with E-state index < -0.39 is 0 Å². The fourth-order valence-electron chi connectivity index (χ4n) is 3.83. The van der Waals surface area contributed by atoms with Gasteiger partial charge in [0.05, 0.1) is 29.1 Å². The van der Waals surface area contributed by atoms with E-state index in [-0.39, 0.29) is 18.0 Å². The van der Waals surface area contributed by atoms with E-state index in [0.717, 1.165) is 27.1 Å². The smallest absolute Gasteiger partial charge is 0.267 e. The Bertz CT molecular complexity index is 1550. The second-order valence-corrected chi connectivity index (χ2v) is 9.11. The maximum absolute atomic E-state index is 13.6. The zero-order valence-electron chi connectivity index (χ0n) is 19.7. The quantitative estimate of drug-likeness (QED) is 0.297. The van der Waals surface area contributed by atoms with Crippen LogP contribution in [0.25, 0.3) is 21.5 Å². The number of aromatic nitrogens is 3. The Morgan fingerprint density at radius 2 is 1.72 bits per heavy atom. The molecule has 0 radical (unpaired) electrons. The number of fused-ring (bicyclic) bond motifs is 1. The first-order valence-corrected chi connectivity index (χ1v) is 12.4. The highest BCUT2D eigenvalue weighted by Crippen LogP contribution is 2.32. The van der Waals surface area contributed by atoms with E-state index in [9.17, 15) is 9.59 Å². The van der Waals surface area contributed by atoms with E-state index in [1.165, 1.54) is 22.1 Å². The van der Waals surface area contributed by atoms with Gasteiger partial charge in [-0.1, -0.05) is 72.0 Å². The number of carbonyl (C=O) groups excluding carboxylic acids is 1. The van der Waals surface area contributed by atoms with E-state index in [0.29, 0.717) is 24.0 Å². The third kappa shape index (κ3) is 5.18. The second-order valence-electron chi connectivity index (χ2n) is 8.10. The molecule has 0 saturated carbocycles. The van der Waals surface area contributed by atoms with E-state index in [1.54, 1.807) is 11.0 Å². The van der Waals surface area contributed by atoms with Crippen molar-refractivity contribution in [3.63, 3.8) is 0 Å². The second kappa shape index (κ2) is 10.5. The summed E-state index contributed by atoms with van der Waals surface area (Å²) in [6, 6.07) is 28.1. The van der Waals surface area contributed by atoms with Gasteiger partial charge in [0.2, 0.25) is 0 Å². The molecule has 0 unspecified atom stereocenters. The molecule has 0 aliphatic heterocycles. The molecule has 2 heterocycles. The zero-order valence-corrected chi connectivity index (χ0v) is 20.5. The number of ether oxygens (including phenoxy) is 1. The fraction of sp³-hybridized carbons (Fsp3) is 0.143. The maximum atomic E-state index is 13.6. The molecule has 0 fully saturated rings. The van der Waals surface area contributed by atoms with Gasteiger partial charge in [0.15, 0.2) is 5.13 Å². The molecule has 0 aliphatic carbocycles. The summed E-state index contributed by atoms with van der Waals surface area (Å²) in [5, 5.41) is 5.02. The molecule has 7 nitrogen and oxygen atoms in total. The molecule has 0 N–H and O–H groups in total. The summed E-state index contributed by atoms with van der Waals surface area (Å²) in [5.41, 5.74) is 2.90. The normalized spacial score (nSPS) is 10.9. The lowest BCUT2D eigenvalue weighted by atomic mass is 10.1. The van der Waals surface area contributed by atoms with Crippen LogP contribution in [-0.4, -0.2) is 27.3 Å². The van der Waals surface area contributed by atoms with Crippen molar-refractivity contribution >= 4 is 32.6 Å². The number of thiazole rings is 1.